The Morgan fingerprint density at radius 3 is 2.25 bits per heavy atom. The molecule has 3 atom stereocenters. The van der Waals surface area contributed by atoms with Crippen molar-refractivity contribution < 1.29 is 41.1 Å². The molecule has 0 heterocycles. The van der Waals surface area contributed by atoms with Gasteiger partial charge in [0.05, 0.1) is 10.9 Å². The molecule has 13 nitrogen and oxygen atoms in total. The van der Waals surface area contributed by atoms with Crippen LogP contribution in [0.3, 0.4) is 0 Å². The van der Waals surface area contributed by atoms with Crippen LogP contribution in [0.4, 0.5) is 8.78 Å². The molecule has 0 unspecified atom stereocenters. The molecular formula is C35H42F2N6O7S. The van der Waals surface area contributed by atoms with E-state index in [1.807, 2.05) is 25.1 Å². The number of aryl methyl sites for hydroxylation is 1. The highest BCUT2D eigenvalue weighted by atomic mass is 32.2. The molecular weight excluding hydrogens is 686 g/mol. The van der Waals surface area contributed by atoms with Crippen LogP contribution in [-0.2, 0) is 35.6 Å². The topological polar surface area (TPSA) is 198 Å². The largest absolute Gasteiger partial charge is 0.481 e. The van der Waals surface area contributed by atoms with Crippen LogP contribution in [0, 0.1) is 24.5 Å². The minimum Gasteiger partial charge on any atom is -0.481 e. The van der Waals surface area contributed by atoms with Gasteiger partial charge in [0.2, 0.25) is 17.8 Å². The SMILES string of the molecule is Cc1ccc(S(=O)(=O)NC(N)=NCCC[C@H](NC(=O)COc2ccc(F)cc2F)C(=O)N[C@H](C(=O)N[C@H](C=O)Cc2ccccc2)C(C)C)cc1. The zero-order valence-corrected chi connectivity index (χ0v) is 29.2. The smallest absolute Gasteiger partial charge is 0.264 e. The molecule has 3 aromatic rings. The van der Waals surface area contributed by atoms with Crippen molar-refractivity contribution in [2.24, 2.45) is 16.6 Å². The Kier molecular flexibility index (Phi) is 15.0. The van der Waals surface area contributed by atoms with Crippen LogP contribution in [0.5, 0.6) is 5.75 Å². The highest BCUT2D eigenvalue weighted by molar-refractivity contribution is 7.90. The fraction of sp³-hybridized carbons (Fsp3) is 0.343. The molecule has 3 rings (SSSR count). The van der Waals surface area contributed by atoms with Gasteiger partial charge in [-0.15, -0.1) is 0 Å². The Bertz CT molecular complexity index is 1790. The van der Waals surface area contributed by atoms with E-state index >= 15 is 0 Å². The van der Waals surface area contributed by atoms with Gasteiger partial charge in [0.1, 0.15) is 24.2 Å². The third kappa shape index (κ3) is 13.1. The lowest BCUT2D eigenvalue weighted by molar-refractivity contribution is -0.134. The van der Waals surface area contributed by atoms with Gasteiger partial charge in [-0.25, -0.2) is 21.9 Å². The van der Waals surface area contributed by atoms with Crippen molar-refractivity contribution in [3.05, 3.63) is 95.6 Å². The number of hydrogen-bond acceptors (Lipinski definition) is 8. The van der Waals surface area contributed by atoms with Crippen molar-refractivity contribution in [1.29, 1.82) is 0 Å². The van der Waals surface area contributed by atoms with Crippen molar-refractivity contribution in [1.82, 2.24) is 20.7 Å². The number of nitrogens with two attached hydrogens (primary N) is 1. The maximum atomic E-state index is 14.0. The molecule has 16 heteroatoms. The molecule has 3 amide bonds. The van der Waals surface area contributed by atoms with Gasteiger partial charge < -0.3 is 31.2 Å². The lowest BCUT2D eigenvalue weighted by atomic mass is 10.0. The summed E-state index contributed by atoms with van der Waals surface area (Å²) in [6.45, 7) is 4.39. The van der Waals surface area contributed by atoms with Gasteiger partial charge in [-0.2, -0.15) is 0 Å². The monoisotopic (exact) mass is 728 g/mol. The Morgan fingerprint density at radius 1 is 0.941 bits per heavy atom. The highest BCUT2D eigenvalue weighted by Crippen LogP contribution is 2.17. The molecule has 51 heavy (non-hydrogen) atoms. The Balaban J connectivity index is 1.69. The van der Waals surface area contributed by atoms with Crippen molar-refractivity contribution >= 4 is 40.0 Å². The van der Waals surface area contributed by atoms with Crippen LogP contribution < -0.4 is 31.1 Å². The van der Waals surface area contributed by atoms with E-state index in [2.05, 4.69) is 25.7 Å². The number of nitrogens with zero attached hydrogens (tertiary/aromatic N) is 1. The first-order chi connectivity index (χ1) is 24.2. The molecule has 0 aliphatic heterocycles. The number of aliphatic imine (C=N–C) groups is 1. The summed E-state index contributed by atoms with van der Waals surface area (Å²) >= 11 is 0. The number of aldehydes is 1. The number of carbonyl (C=O) groups excluding carboxylic acids is 4. The molecule has 3 aromatic carbocycles. The fourth-order valence-electron chi connectivity index (χ4n) is 4.74. The predicted octanol–water partition coefficient (Wildman–Crippen LogP) is 2.28. The van der Waals surface area contributed by atoms with Crippen molar-refractivity contribution in [3.8, 4) is 5.75 Å². The number of amides is 3. The number of guanidine groups is 1. The number of nitrogens with one attached hydrogen (secondary N) is 4. The second kappa shape index (κ2) is 19.1. The minimum atomic E-state index is -4.00. The van der Waals surface area contributed by atoms with E-state index < -0.39 is 76.0 Å². The van der Waals surface area contributed by atoms with Crippen LogP contribution in [0.15, 0.2) is 82.7 Å². The van der Waals surface area contributed by atoms with E-state index in [0.717, 1.165) is 23.3 Å². The second-order valence-corrected chi connectivity index (χ2v) is 13.7. The van der Waals surface area contributed by atoms with E-state index in [1.54, 1.807) is 38.1 Å². The third-order valence-corrected chi connectivity index (χ3v) is 8.82. The summed E-state index contributed by atoms with van der Waals surface area (Å²) in [4.78, 5) is 55.4. The summed E-state index contributed by atoms with van der Waals surface area (Å²) in [5.41, 5.74) is 7.49. The van der Waals surface area contributed by atoms with Gasteiger partial charge in [-0.3, -0.25) is 19.4 Å². The Hall–Kier alpha value is -5.38. The van der Waals surface area contributed by atoms with Crippen LogP contribution in [0.25, 0.3) is 0 Å². The number of carbonyl (C=O) groups is 4. The normalized spacial score (nSPS) is 13.4. The summed E-state index contributed by atoms with van der Waals surface area (Å²) in [6.07, 6.45) is 0.889. The first kappa shape index (κ1) is 40.1. The first-order valence-electron chi connectivity index (χ1n) is 16.0. The van der Waals surface area contributed by atoms with Crippen molar-refractivity contribution in [3.63, 3.8) is 0 Å². The molecule has 0 radical (unpaired) electrons. The Labute approximate surface area is 295 Å². The molecule has 0 saturated carbocycles. The number of sulfonamides is 1. The summed E-state index contributed by atoms with van der Waals surface area (Å²) < 4.78 is 59.9. The zero-order chi connectivity index (χ0) is 37.6. The van der Waals surface area contributed by atoms with E-state index in [4.69, 9.17) is 10.5 Å². The molecule has 0 aliphatic rings. The van der Waals surface area contributed by atoms with Gasteiger partial charge in [0.15, 0.2) is 18.2 Å². The predicted molar refractivity (Wildman–Crippen MR) is 186 cm³/mol. The van der Waals surface area contributed by atoms with Crippen LogP contribution in [-0.4, -0.2) is 69.7 Å². The highest BCUT2D eigenvalue weighted by Gasteiger charge is 2.30. The number of benzene rings is 3. The van der Waals surface area contributed by atoms with Gasteiger partial charge in [0.25, 0.3) is 15.9 Å². The lowest BCUT2D eigenvalue weighted by Crippen LogP contribution is -2.57. The van der Waals surface area contributed by atoms with Crippen LogP contribution >= 0.6 is 0 Å². The average Bonchev–Trinajstić information content (AvgIpc) is 3.07. The van der Waals surface area contributed by atoms with E-state index in [-0.39, 0.29) is 36.5 Å². The molecule has 0 bridgehead atoms. The van der Waals surface area contributed by atoms with Crippen molar-refractivity contribution in [2.45, 2.75) is 63.1 Å². The average molecular weight is 729 g/mol. The zero-order valence-electron chi connectivity index (χ0n) is 28.4. The standard InChI is InChI=1S/C35H42F2N6O7S/c1-22(2)32(34(47)40-26(20-44)18-24-8-5-4-6-9-24)42-33(46)29(41-31(45)21-50-30-16-13-25(36)19-28(30)37)10-7-17-39-35(38)43-51(48,49)27-14-11-23(3)12-15-27/h4-6,8-9,11-16,19-20,22,26,29,32H,7,10,17-18,21H2,1-3H3,(H,40,47)(H,41,45)(H,42,46)(H3,38,39,43)/t26-,29-,32-/m0/s1. The first-order valence-corrected chi connectivity index (χ1v) is 17.5. The van der Waals surface area contributed by atoms with E-state index in [9.17, 15) is 36.4 Å². The maximum absolute atomic E-state index is 14.0. The molecule has 6 N–H and O–H groups in total. The fourth-order valence-corrected chi connectivity index (χ4v) is 5.70. The molecule has 0 spiro atoms. The molecule has 0 fully saturated rings. The quantitative estimate of drug-likeness (QED) is 0.0569. The second-order valence-electron chi connectivity index (χ2n) is 12.0. The maximum Gasteiger partial charge on any atom is 0.264 e. The minimum absolute atomic E-state index is 0.0169. The van der Waals surface area contributed by atoms with Gasteiger partial charge in [-0.1, -0.05) is 61.9 Å². The molecule has 274 valence electrons. The number of hydrogen-bond donors (Lipinski definition) is 5. The molecule has 0 aromatic heterocycles. The summed E-state index contributed by atoms with van der Waals surface area (Å²) in [5, 5.41) is 7.77. The van der Waals surface area contributed by atoms with Gasteiger partial charge in [0, 0.05) is 12.6 Å². The van der Waals surface area contributed by atoms with Gasteiger partial charge in [-0.05, 0) is 61.9 Å². The Morgan fingerprint density at radius 2 is 1.63 bits per heavy atom. The van der Waals surface area contributed by atoms with Crippen LogP contribution in [0.1, 0.15) is 37.8 Å². The number of ether oxygens (including phenoxy) is 1. The molecule has 0 aliphatic carbocycles. The van der Waals surface area contributed by atoms with Gasteiger partial charge >= 0.3 is 0 Å². The number of rotatable bonds is 18. The van der Waals surface area contributed by atoms with E-state index in [0.29, 0.717) is 12.4 Å². The van der Waals surface area contributed by atoms with Crippen LogP contribution in [0.2, 0.25) is 0 Å². The molecule has 0 saturated heterocycles. The summed E-state index contributed by atoms with van der Waals surface area (Å²) in [6, 6.07) is 14.4. The van der Waals surface area contributed by atoms with E-state index in [1.165, 1.54) is 12.1 Å². The summed E-state index contributed by atoms with van der Waals surface area (Å²) in [5.74, 6) is -5.30. The van der Waals surface area contributed by atoms with Crippen molar-refractivity contribution in [2.75, 3.05) is 13.2 Å². The third-order valence-electron chi connectivity index (χ3n) is 7.44. The summed E-state index contributed by atoms with van der Waals surface area (Å²) in [7, 11) is -4.00. The lowest BCUT2D eigenvalue weighted by Gasteiger charge is -2.26. The number of halogens is 2.